The van der Waals surface area contributed by atoms with E-state index < -0.39 is 0 Å². The lowest BCUT2D eigenvalue weighted by Crippen LogP contribution is -2.29. The molecule has 0 amide bonds. The van der Waals surface area contributed by atoms with E-state index in [1.165, 1.54) is 0 Å². The largest absolute Gasteiger partial charge is 0.373 e. The highest BCUT2D eigenvalue weighted by Gasteiger charge is 2.34. The molecule has 6 heteroatoms. The molecule has 0 spiro atoms. The summed E-state index contributed by atoms with van der Waals surface area (Å²) in [5, 5.41) is 14.2. The van der Waals surface area contributed by atoms with Crippen molar-refractivity contribution in [3.63, 3.8) is 0 Å². The first-order chi connectivity index (χ1) is 9.52. The van der Waals surface area contributed by atoms with E-state index in [0.717, 1.165) is 25.8 Å². The van der Waals surface area contributed by atoms with Crippen molar-refractivity contribution < 1.29 is 4.92 Å². The second kappa shape index (κ2) is 6.07. The summed E-state index contributed by atoms with van der Waals surface area (Å²) in [7, 11) is 1.77. The van der Waals surface area contributed by atoms with Crippen LogP contribution in [0.15, 0.2) is 12.1 Å². The Labute approximate surface area is 119 Å². The number of rotatable bonds is 7. The van der Waals surface area contributed by atoms with Crippen LogP contribution in [0.4, 0.5) is 17.3 Å². The Hall–Kier alpha value is -1.85. The number of anilines is 2. The number of hydrogen-bond donors (Lipinski definition) is 1. The SMILES string of the molecule is CNc1ccc([N+](=O)[O-])c(N(CCC(C)C)C2CC2)n1. The Morgan fingerprint density at radius 3 is 2.70 bits per heavy atom. The van der Waals surface area contributed by atoms with Gasteiger partial charge in [-0.1, -0.05) is 13.8 Å². The van der Waals surface area contributed by atoms with E-state index in [1.54, 1.807) is 19.2 Å². The first-order valence-corrected chi connectivity index (χ1v) is 7.12. The molecule has 0 bridgehead atoms. The third-order valence-corrected chi connectivity index (χ3v) is 3.51. The van der Waals surface area contributed by atoms with Gasteiger partial charge in [0, 0.05) is 25.7 Å². The zero-order valence-electron chi connectivity index (χ0n) is 12.3. The van der Waals surface area contributed by atoms with E-state index in [1.807, 2.05) is 0 Å². The molecular weight excluding hydrogens is 256 g/mol. The fourth-order valence-electron chi connectivity index (χ4n) is 2.18. The fourth-order valence-corrected chi connectivity index (χ4v) is 2.18. The highest BCUT2D eigenvalue weighted by atomic mass is 16.6. The van der Waals surface area contributed by atoms with Crippen molar-refractivity contribution in [3.8, 4) is 0 Å². The average molecular weight is 278 g/mol. The predicted octanol–water partition coefficient (Wildman–Crippen LogP) is 3.05. The van der Waals surface area contributed by atoms with Crippen molar-refractivity contribution in [1.82, 2.24) is 4.98 Å². The molecule has 0 aromatic carbocycles. The van der Waals surface area contributed by atoms with Crippen molar-refractivity contribution in [3.05, 3.63) is 22.2 Å². The summed E-state index contributed by atoms with van der Waals surface area (Å²) in [4.78, 5) is 17.4. The molecule has 1 aliphatic rings. The molecule has 1 aromatic heterocycles. The van der Waals surface area contributed by atoms with Gasteiger partial charge in [-0.3, -0.25) is 10.1 Å². The topological polar surface area (TPSA) is 71.3 Å². The van der Waals surface area contributed by atoms with Crippen LogP contribution in [-0.2, 0) is 0 Å². The monoisotopic (exact) mass is 278 g/mol. The Balaban J connectivity index is 2.32. The highest BCUT2D eigenvalue weighted by Crippen LogP contribution is 2.36. The lowest BCUT2D eigenvalue weighted by Gasteiger charge is -2.24. The Morgan fingerprint density at radius 2 is 2.20 bits per heavy atom. The van der Waals surface area contributed by atoms with E-state index in [9.17, 15) is 10.1 Å². The zero-order valence-corrected chi connectivity index (χ0v) is 12.3. The van der Waals surface area contributed by atoms with Crippen LogP contribution < -0.4 is 10.2 Å². The minimum atomic E-state index is -0.341. The van der Waals surface area contributed by atoms with Crippen LogP contribution in [0.25, 0.3) is 0 Å². The van der Waals surface area contributed by atoms with Gasteiger partial charge in [0.2, 0.25) is 5.82 Å². The van der Waals surface area contributed by atoms with E-state index >= 15 is 0 Å². The summed E-state index contributed by atoms with van der Waals surface area (Å²) < 4.78 is 0. The van der Waals surface area contributed by atoms with Crippen molar-refractivity contribution >= 4 is 17.3 Å². The van der Waals surface area contributed by atoms with E-state index in [4.69, 9.17) is 0 Å². The molecule has 0 aliphatic heterocycles. The summed E-state index contributed by atoms with van der Waals surface area (Å²) >= 11 is 0. The van der Waals surface area contributed by atoms with Gasteiger partial charge in [-0.05, 0) is 31.2 Å². The van der Waals surface area contributed by atoms with Gasteiger partial charge in [-0.2, -0.15) is 0 Å². The van der Waals surface area contributed by atoms with Crippen molar-refractivity contribution in [1.29, 1.82) is 0 Å². The quantitative estimate of drug-likeness (QED) is 0.613. The number of pyridine rings is 1. The lowest BCUT2D eigenvalue weighted by atomic mass is 10.1. The highest BCUT2D eigenvalue weighted by molar-refractivity contribution is 5.62. The van der Waals surface area contributed by atoms with Gasteiger partial charge in [0.25, 0.3) is 0 Å². The first kappa shape index (κ1) is 14.6. The van der Waals surface area contributed by atoms with Gasteiger partial charge >= 0.3 is 5.69 Å². The minimum absolute atomic E-state index is 0.0969. The van der Waals surface area contributed by atoms with Gasteiger partial charge in [0.05, 0.1) is 4.92 Å². The molecule has 2 rings (SSSR count). The fraction of sp³-hybridized carbons (Fsp3) is 0.643. The summed E-state index contributed by atoms with van der Waals surface area (Å²) in [6.07, 6.45) is 3.21. The van der Waals surface area contributed by atoms with Gasteiger partial charge in [0.1, 0.15) is 5.82 Å². The molecule has 0 saturated heterocycles. The lowest BCUT2D eigenvalue weighted by molar-refractivity contribution is -0.384. The van der Waals surface area contributed by atoms with Gasteiger partial charge in [-0.15, -0.1) is 0 Å². The molecule has 1 aromatic rings. The Morgan fingerprint density at radius 1 is 1.50 bits per heavy atom. The molecule has 110 valence electrons. The summed E-state index contributed by atoms with van der Waals surface area (Å²) in [6, 6.07) is 3.60. The van der Waals surface area contributed by atoms with Crippen LogP contribution in [0.1, 0.15) is 33.1 Å². The zero-order chi connectivity index (χ0) is 14.7. The van der Waals surface area contributed by atoms with Crippen LogP contribution in [-0.4, -0.2) is 29.5 Å². The Bertz CT molecular complexity index is 486. The minimum Gasteiger partial charge on any atom is -0.373 e. The molecule has 0 atom stereocenters. The third kappa shape index (κ3) is 3.37. The number of nitrogens with zero attached hydrogens (tertiary/aromatic N) is 3. The number of nitro groups is 1. The molecule has 1 fully saturated rings. The first-order valence-electron chi connectivity index (χ1n) is 7.12. The summed E-state index contributed by atoms with van der Waals surface area (Å²) in [5.74, 6) is 1.74. The average Bonchev–Trinajstić information content (AvgIpc) is 3.22. The van der Waals surface area contributed by atoms with Crippen LogP contribution in [0.3, 0.4) is 0 Å². The molecule has 0 radical (unpaired) electrons. The van der Waals surface area contributed by atoms with E-state index in [2.05, 4.69) is 29.0 Å². The van der Waals surface area contributed by atoms with Crippen molar-refractivity contribution in [2.24, 2.45) is 5.92 Å². The van der Waals surface area contributed by atoms with E-state index in [0.29, 0.717) is 23.6 Å². The molecule has 1 N–H and O–H groups in total. The van der Waals surface area contributed by atoms with Crippen LogP contribution in [0, 0.1) is 16.0 Å². The van der Waals surface area contributed by atoms with Crippen molar-refractivity contribution in [2.45, 2.75) is 39.2 Å². The summed E-state index contributed by atoms with van der Waals surface area (Å²) in [6.45, 7) is 5.15. The predicted molar refractivity (Wildman–Crippen MR) is 80.3 cm³/mol. The van der Waals surface area contributed by atoms with Gasteiger partial charge < -0.3 is 10.2 Å². The van der Waals surface area contributed by atoms with Crippen LogP contribution in [0.2, 0.25) is 0 Å². The standard InChI is InChI=1S/C14H22N4O2/c1-10(2)8-9-17(11-4-5-11)14-12(18(19)20)6-7-13(15-3)16-14/h6-7,10-11H,4-5,8-9H2,1-3H3,(H,15,16). The molecule has 0 unspecified atom stereocenters. The maximum atomic E-state index is 11.2. The maximum absolute atomic E-state index is 11.2. The van der Waals surface area contributed by atoms with Crippen LogP contribution in [0.5, 0.6) is 0 Å². The van der Waals surface area contributed by atoms with Crippen molar-refractivity contribution in [2.75, 3.05) is 23.8 Å². The molecule has 1 aliphatic carbocycles. The molecular formula is C14H22N4O2. The molecule has 20 heavy (non-hydrogen) atoms. The maximum Gasteiger partial charge on any atom is 0.311 e. The second-order valence-corrected chi connectivity index (χ2v) is 5.65. The number of aromatic nitrogens is 1. The molecule has 6 nitrogen and oxygen atoms in total. The third-order valence-electron chi connectivity index (χ3n) is 3.51. The normalized spacial score (nSPS) is 14.4. The Kier molecular flexibility index (Phi) is 4.42. The summed E-state index contributed by atoms with van der Waals surface area (Å²) in [5.41, 5.74) is 0.0969. The van der Waals surface area contributed by atoms with E-state index in [-0.39, 0.29) is 10.6 Å². The van der Waals surface area contributed by atoms with Crippen LogP contribution >= 0.6 is 0 Å². The molecule has 1 saturated carbocycles. The van der Waals surface area contributed by atoms with Gasteiger partial charge in [-0.25, -0.2) is 4.98 Å². The number of nitrogens with one attached hydrogen (secondary N) is 1. The smallest absolute Gasteiger partial charge is 0.311 e. The second-order valence-electron chi connectivity index (χ2n) is 5.65. The number of hydrogen-bond acceptors (Lipinski definition) is 5. The molecule has 1 heterocycles. The van der Waals surface area contributed by atoms with Gasteiger partial charge in [0.15, 0.2) is 0 Å².